The van der Waals surface area contributed by atoms with Gasteiger partial charge in [0.15, 0.2) is 0 Å². The van der Waals surface area contributed by atoms with Crippen LogP contribution in [-0.2, 0) is 14.3 Å². The van der Waals surface area contributed by atoms with Gasteiger partial charge in [0, 0.05) is 26.1 Å². The van der Waals surface area contributed by atoms with Crippen molar-refractivity contribution >= 4 is 11.9 Å². The predicted octanol–water partition coefficient (Wildman–Crippen LogP) is 0.489. The average Bonchev–Trinajstić information content (AvgIpc) is 2.62. The fourth-order valence-electron chi connectivity index (χ4n) is 2.31. The second kappa shape index (κ2) is 4.82. The lowest BCUT2D eigenvalue weighted by atomic mass is 10.1. The topological polar surface area (TPSA) is 66.8 Å². The molecule has 0 saturated carbocycles. The van der Waals surface area contributed by atoms with E-state index in [2.05, 4.69) is 0 Å². The minimum Gasteiger partial charge on any atom is -0.481 e. The summed E-state index contributed by atoms with van der Waals surface area (Å²) in [5.74, 6) is -1.46. The predicted molar refractivity (Wildman–Crippen MR) is 55.9 cm³/mol. The van der Waals surface area contributed by atoms with Crippen LogP contribution in [-0.4, -0.2) is 47.7 Å². The van der Waals surface area contributed by atoms with Crippen LogP contribution in [0.1, 0.15) is 25.7 Å². The third-order valence-corrected chi connectivity index (χ3v) is 3.26. The van der Waals surface area contributed by atoms with Gasteiger partial charge < -0.3 is 14.7 Å². The van der Waals surface area contributed by atoms with Crippen LogP contribution in [0, 0.1) is 5.92 Å². The summed E-state index contributed by atoms with van der Waals surface area (Å²) in [6.45, 7) is 1.66. The van der Waals surface area contributed by atoms with E-state index < -0.39 is 11.9 Å². The lowest BCUT2D eigenvalue weighted by Crippen LogP contribution is -2.37. The highest BCUT2D eigenvalue weighted by atomic mass is 16.5. The molecule has 0 aliphatic carbocycles. The SMILES string of the molecule is O=C(O)C1CC(=O)N(CC2CCCCO2)C1. The van der Waals surface area contributed by atoms with E-state index in [0.29, 0.717) is 13.1 Å². The average molecular weight is 227 g/mol. The number of carbonyl (C=O) groups excluding carboxylic acids is 1. The summed E-state index contributed by atoms with van der Waals surface area (Å²) in [5.41, 5.74) is 0. The molecule has 2 fully saturated rings. The van der Waals surface area contributed by atoms with Crippen LogP contribution in [0.25, 0.3) is 0 Å². The normalized spacial score (nSPS) is 30.8. The smallest absolute Gasteiger partial charge is 0.308 e. The highest BCUT2D eigenvalue weighted by molar-refractivity contribution is 5.86. The number of carboxylic acids is 1. The quantitative estimate of drug-likeness (QED) is 0.762. The largest absolute Gasteiger partial charge is 0.481 e. The molecule has 5 nitrogen and oxygen atoms in total. The second-order valence-corrected chi connectivity index (χ2v) is 4.53. The molecule has 0 bridgehead atoms. The Morgan fingerprint density at radius 2 is 2.31 bits per heavy atom. The lowest BCUT2D eigenvalue weighted by Gasteiger charge is -2.27. The molecule has 2 saturated heterocycles. The molecule has 0 radical (unpaired) electrons. The van der Waals surface area contributed by atoms with Crippen LogP contribution in [0.15, 0.2) is 0 Å². The first-order valence-corrected chi connectivity index (χ1v) is 5.79. The third kappa shape index (κ3) is 2.52. The highest BCUT2D eigenvalue weighted by Crippen LogP contribution is 2.21. The maximum absolute atomic E-state index is 11.6. The lowest BCUT2D eigenvalue weighted by molar-refractivity contribution is -0.141. The van der Waals surface area contributed by atoms with Gasteiger partial charge in [-0.05, 0) is 19.3 Å². The van der Waals surface area contributed by atoms with E-state index in [1.165, 1.54) is 0 Å². The van der Waals surface area contributed by atoms with Gasteiger partial charge in [0.25, 0.3) is 0 Å². The number of ether oxygens (including phenoxy) is 1. The summed E-state index contributed by atoms with van der Waals surface area (Å²) in [5, 5.41) is 8.84. The maximum atomic E-state index is 11.6. The highest BCUT2D eigenvalue weighted by Gasteiger charge is 2.35. The number of carboxylic acid groups (broad SMARTS) is 1. The van der Waals surface area contributed by atoms with Crippen LogP contribution in [0.2, 0.25) is 0 Å². The van der Waals surface area contributed by atoms with Crippen molar-refractivity contribution in [3.05, 3.63) is 0 Å². The number of aliphatic carboxylic acids is 1. The summed E-state index contributed by atoms with van der Waals surface area (Å²) in [7, 11) is 0. The van der Waals surface area contributed by atoms with E-state index in [0.717, 1.165) is 25.9 Å². The Bertz CT molecular complexity index is 286. The van der Waals surface area contributed by atoms with Gasteiger partial charge in [0.1, 0.15) is 0 Å². The van der Waals surface area contributed by atoms with Crippen molar-refractivity contribution in [1.29, 1.82) is 0 Å². The van der Waals surface area contributed by atoms with Crippen molar-refractivity contribution < 1.29 is 19.4 Å². The van der Waals surface area contributed by atoms with Crippen LogP contribution in [0.5, 0.6) is 0 Å². The number of nitrogens with zero attached hydrogens (tertiary/aromatic N) is 1. The van der Waals surface area contributed by atoms with Crippen LogP contribution in [0.3, 0.4) is 0 Å². The Hall–Kier alpha value is -1.10. The van der Waals surface area contributed by atoms with E-state index in [1.54, 1.807) is 4.90 Å². The van der Waals surface area contributed by atoms with Crippen molar-refractivity contribution in [2.45, 2.75) is 31.8 Å². The number of amides is 1. The number of hydrogen-bond donors (Lipinski definition) is 1. The molecule has 0 aromatic heterocycles. The fraction of sp³-hybridized carbons (Fsp3) is 0.818. The van der Waals surface area contributed by atoms with Gasteiger partial charge in [-0.25, -0.2) is 0 Å². The summed E-state index contributed by atoms with van der Waals surface area (Å²) in [4.78, 5) is 24.0. The Balaban J connectivity index is 1.85. The van der Waals surface area contributed by atoms with Crippen molar-refractivity contribution in [3.63, 3.8) is 0 Å². The third-order valence-electron chi connectivity index (χ3n) is 3.26. The molecule has 2 rings (SSSR count). The van der Waals surface area contributed by atoms with E-state index in [-0.39, 0.29) is 18.4 Å². The standard InChI is InChI=1S/C11H17NO4/c13-10-5-8(11(14)15)6-12(10)7-9-3-1-2-4-16-9/h8-9H,1-7H2,(H,14,15). The van der Waals surface area contributed by atoms with Crippen molar-refractivity contribution in [2.75, 3.05) is 19.7 Å². The molecule has 0 spiro atoms. The maximum Gasteiger partial charge on any atom is 0.308 e. The zero-order chi connectivity index (χ0) is 11.5. The van der Waals surface area contributed by atoms with Gasteiger partial charge >= 0.3 is 5.97 Å². The summed E-state index contributed by atoms with van der Waals surface area (Å²) >= 11 is 0. The van der Waals surface area contributed by atoms with E-state index >= 15 is 0 Å². The summed E-state index contributed by atoms with van der Waals surface area (Å²) < 4.78 is 5.54. The number of carbonyl (C=O) groups is 2. The van der Waals surface area contributed by atoms with E-state index in [9.17, 15) is 9.59 Å². The fourth-order valence-corrected chi connectivity index (χ4v) is 2.31. The number of rotatable bonds is 3. The summed E-state index contributed by atoms with van der Waals surface area (Å²) in [6, 6.07) is 0. The van der Waals surface area contributed by atoms with Crippen LogP contribution >= 0.6 is 0 Å². The van der Waals surface area contributed by atoms with Gasteiger partial charge in [-0.15, -0.1) is 0 Å². The second-order valence-electron chi connectivity index (χ2n) is 4.53. The minimum atomic E-state index is -0.875. The van der Waals surface area contributed by atoms with Gasteiger partial charge in [0.2, 0.25) is 5.91 Å². The zero-order valence-electron chi connectivity index (χ0n) is 9.22. The first-order chi connectivity index (χ1) is 7.66. The Labute approximate surface area is 94.4 Å². The molecular weight excluding hydrogens is 210 g/mol. The number of hydrogen-bond acceptors (Lipinski definition) is 3. The first-order valence-electron chi connectivity index (χ1n) is 5.79. The molecule has 0 aromatic carbocycles. The molecule has 1 N–H and O–H groups in total. The van der Waals surface area contributed by atoms with Gasteiger partial charge in [-0.2, -0.15) is 0 Å². The van der Waals surface area contributed by atoms with Crippen molar-refractivity contribution in [2.24, 2.45) is 5.92 Å². The first kappa shape index (κ1) is 11.4. The van der Waals surface area contributed by atoms with Crippen LogP contribution < -0.4 is 0 Å². The molecule has 2 aliphatic heterocycles. The Kier molecular flexibility index (Phi) is 3.43. The zero-order valence-corrected chi connectivity index (χ0v) is 9.22. The molecule has 2 atom stereocenters. The van der Waals surface area contributed by atoms with E-state index in [4.69, 9.17) is 9.84 Å². The molecule has 2 heterocycles. The molecule has 5 heteroatoms. The van der Waals surface area contributed by atoms with Crippen LogP contribution in [0.4, 0.5) is 0 Å². The van der Waals surface area contributed by atoms with Gasteiger partial charge in [-0.3, -0.25) is 9.59 Å². The Morgan fingerprint density at radius 1 is 1.50 bits per heavy atom. The molecular formula is C11H17NO4. The number of likely N-dealkylation sites (tertiary alicyclic amines) is 1. The minimum absolute atomic E-state index is 0.0541. The molecule has 16 heavy (non-hydrogen) atoms. The molecule has 0 aromatic rings. The Morgan fingerprint density at radius 3 is 2.88 bits per heavy atom. The molecule has 2 aliphatic rings. The van der Waals surface area contributed by atoms with Gasteiger partial charge in [-0.1, -0.05) is 0 Å². The molecule has 2 unspecified atom stereocenters. The van der Waals surface area contributed by atoms with Crippen molar-refractivity contribution in [3.8, 4) is 0 Å². The summed E-state index contributed by atoms with van der Waals surface area (Å²) in [6.07, 6.45) is 3.44. The monoisotopic (exact) mass is 227 g/mol. The molecule has 1 amide bonds. The molecule has 90 valence electrons. The van der Waals surface area contributed by atoms with E-state index in [1.807, 2.05) is 0 Å². The van der Waals surface area contributed by atoms with Gasteiger partial charge in [0.05, 0.1) is 12.0 Å². The van der Waals surface area contributed by atoms with Crippen molar-refractivity contribution in [1.82, 2.24) is 4.90 Å².